The van der Waals surface area contributed by atoms with Crippen molar-refractivity contribution in [1.82, 2.24) is 9.13 Å². The molecule has 8 aromatic carbocycles. The fourth-order valence-electron chi connectivity index (χ4n) is 8.36. The smallest absolute Gasteiger partial charge is 0.145 e. The van der Waals surface area contributed by atoms with Crippen LogP contribution >= 0.6 is 0 Å². The van der Waals surface area contributed by atoms with E-state index < -0.39 is 0 Å². The monoisotopic (exact) mass is 675 g/mol. The number of hydrogen-bond acceptors (Lipinski definition) is 2. The number of para-hydroxylation sites is 4. The molecule has 0 aliphatic rings. The van der Waals surface area contributed by atoms with Gasteiger partial charge in [-0.15, -0.1) is 0 Å². The van der Waals surface area contributed by atoms with Gasteiger partial charge in [0.25, 0.3) is 0 Å². The van der Waals surface area contributed by atoms with Crippen molar-refractivity contribution < 1.29 is 4.42 Å². The lowest BCUT2D eigenvalue weighted by Crippen LogP contribution is -1.96. The van der Waals surface area contributed by atoms with Crippen molar-refractivity contribution in [2.45, 2.75) is 0 Å². The molecule has 0 aliphatic heterocycles. The topological polar surface area (TPSA) is 46.8 Å². The number of fused-ring (bicyclic) bond motifs is 10. The standard InChI is InChI=1S/C49H29N3O/c50-30-31-11-10-12-32(25-31)34-26-35(33-21-23-45-42(29-33)38-15-4-7-18-43(38)51(45)36-13-2-1-3-14-36)28-37(27-34)52-44-19-8-5-17-41(44)48-46(52)24-22-40-39-16-6-9-20-47(39)53-49(40)48/h1-29H. The molecule has 11 aromatic rings. The normalized spacial score (nSPS) is 11.8. The van der Waals surface area contributed by atoms with Crippen molar-refractivity contribution in [2.75, 3.05) is 0 Å². The highest BCUT2D eigenvalue weighted by molar-refractivity contribution is 6.24. The zero-order valence-corrected chi connectivity index (χ0v) is 28.5. The summed E-state index contributed by atoms with van der Waals surface area (Å²) in [5.74, 6) is 0. The molecule has 0 aliphatic carbocycles. The molecule has 0 fully saturated rings. The summed E-state index contributed by atoms with van der Waals surface area (Å²) in [6, 6.07) is 64.3. The van der Waals surface area contributed by atoms with E-state index in [2.05, 4.69) is 161 Å². The average molecular weight is 676 g/mol. The van der Waals surface area contributed by atoms with Gasteiger partial charge in [-0.1, -0.05) is 91.0 Å². The Morgan fingerprint density at radius 1 is 0.396 bits per heavy atom. The van der Waals surface area contributed by atoms with Gasteiger partial charge in [-0.05, 0) is 107 Å². The largest absolute Gasteiger partial charge is 0.455 e. The van der Waals surface area contributed by atoms with Crippen LogP contribution in [0.3, 0.4) is 0 Å². The summed E-state index contributed by atoms with van der Waals surface area (Å²) in [4.78, 5) is 0. The Balaban J connectivity index is 1.20. The maximum atomic E-state index is 9.83. The Labute approximate surface area is 304 Å². The summed E-state index contributed by atoms with van der Waals surface area (Å²) in [6.45, 7) is 0. The van der Waals surface area contributed by atoms with Gasteiger partial charge < -0.3 is 13.6 Å². The SMILES string of the molecule is N#Cc1cccc(-c2cc(-c3ccc4c(c3)c3ccccc3n4-c3ccccc3)cc(-n3c4ccccc4c4c5oc6ccccc6c5ccc43)c2)c1. The van der Waals surface area contributed by atoms with Gasteiger partial charge in [0.05, 0.1) is 39.1 Å². The first-order valence-corrected chi connectivity index (χ1v) is 17.8. The molecule has 53 heavy (non-hydrogen) atoms. The highest BCUT2D eigenvalue weighted by Gasteiger charge is 2.20. The highest BCUT2D eigenvalue weighted by atomic mass is 16.3. The van der Waals surface area contributed by atoms with E-state index in [4.69, 9.17) is 4.42 Å². The van der Waals surface area contributed by atoms with Gasteiger partial charge in [-0.2, -0.15) is 5.26 Å². The first kappa shape index (κ1) is 29.4. The van der Waals surface area contributed by atoms with E-state index in [0.717, 1.165) is 82.9 Å². The third-order valence-corrected chi connectivity index (χ3v) is 10.7. The quantitative estimate of drug-likeness (QED) is 0.186. The second-order valence-electron chi connectivity index (χ2n) is 13.7. The molecule has 246 valence electrons. The Hall–Kier alpha value is -7.35. The van der Waals surface area contributed by atoms with E-state index >= 15 is 0 Å². The lowest BCUT2D eigenvalue weighted by Gasteiger charge is -2.14. The van der Waals surface area contributed by atoms with E-state index in [1.54, 1.807) is 0 Å². The Morgan fingerprint density at radius 2 is 1.04 bits per heavy atom. The first-order chi connectivity index (χ1) is 26.2. The fourth-order valence-corrected chi connectivity index (χ4v) is 8.36. The van der Waals surface area contributed by atoms with Gasteiger partial charge in [-0.25, -0.2) is 0 Å². The number of benzene rings is 8. The van der Waals surface area contributed by atoms with Gasteiger partial charge >= 0.3 is 0 Å². The van der Waals surface area contributed by atoms with Gasteiger partial charge in [0.1, 0.15) is 11.2 Å². The molecule has 0 N–H and O–H groups in total. The molecule has 0 radical (unpaired) electrons. The van der Waals surface area contributed by atoms with Crippen LogP contribution in [0.1, 0.15) is 5.56 Å². The van der Waals surface area contributed by atoms with Gasteiger partial charge in [-0.3, -0.25) is 0 Å². The Kier molecular flexibility index (Phi) is 6.28. The number of rotatable bonds is 4. The van der Waals surface area contributed by atoms with E-state index in [0.29, 0.717) is 5.56 Å². The summed E-state index contributed by atoms with van der Waals surface area (Å²) < 4.78 is 11.3. The maximum absolute atomic E-state index is 9.83. The molecule has 4 heteroatoms. The van der Waals surface area contributed by atoms with Crippen molar-refractivity contribution >= 4 is 65.6 Å². The number of hydrogen-bond donors (Lipinski definition) is 0. The lowest BCUT2D eigenvalue weighted by atomic mass is 9.96. The molecule has 0 saturated carbocycles. The molecular weight excluding hydrogens is 647 g/mol. The number of furan rings is 1. The Bertz CT molecular complexity index is 3300. The second-order valence-corrected chi connectivity index (χ2v) is 13.7. The highest BCUT2D eigenvalue weighted by Crippen LogP contribution is 2.42. The van der Waals surface area contributed by atoms with Crippen LogP contribution in [0.15, 0.2) is 180 Å². The van der Waals surface area contributed by atoms with Crippen molar-refractivity contribution in [1.29, 1.82) is 5.26 Å². The molecule has 0 bridgehead atoms. The third-order valence-electron chi connectivity index (χ3n) is 10.7. The summed E-state index contributed by atoms with van der Waals surface area (Å²) in [6.07, 6.45) is 0. The predicted molar refractivity (Wildman–Crippen MR) is 218 cm³/mol. The molecule has 0 atom stereocenters. The first-order valence-electron chi connectivity index (χ1n) is 17.8. The van der Waals surface area contributed by atoms with Crippen molar-refractivity contribution in [3.8, 4) is 39.7 Å². The Morgan fingerprint density at radius 3 is 1.85 bits per heavy atom. The van der Waals surface area contributed by atoms with Gasteiger partial charge in [0.2, 0.25) is 0 Å². The predicted octanol–water partition coefficient (Wildman–Crippen LogP) is 13.0. The zero-order chi connectivity index (χ0) is 35.0. The zero-order valence-electron chi connectivity index (χ0n) is 28.5. The van der Waals surface area contributed by atoms with Gasteiger partial charge in [0, 0.05) is 38.3 Å². The van der Waals surface area contributed by atoms with Crippen LogP contribution in [0.25, 0.3) is 99.2 Å². The molecular formula is C49H29N3O. The van der Waals surface area contributed by atoms with Crippen LogP contribution in [-0.4, -0.2) is 9.13 Å². The maximum Gasteiger partial charge on any atom is 0.145 e. The van der Waals surface area contributed by atoms with Crippen LogP contribution in [0.2, 0.25) is 0 Å². The van der Waals surface area contributed by atoms with Crippen LogP contribution in [-0.2, 0) is 0 Å². The number of aromatic nitrogens is 2. The van der Waals surface area contributed by atoms with E-state index in [1.807, 2.05) is 30.3 Å². The minimum atomic E-state index is 0.633. The van der Waals surface area contributed by atoms with Crippen LogP contribution < -0.4 is 0 Å². The summed E-state index contributed by atoms with van der Waals surface area (Å²) in [5.41, 5.74) is 13.4. The van der Waals surface area contributed by atoms with Crippen LogP contribution in [0, 0.1) is 11.3 Å². The minimum Gasteiger partial charge on any atom is -0.455 e. The summed E-state index contributed by atoms with van der Waals surface area (Å²) >= 11 is 0. The third kappa shape index (κ3) is 4.41. The molecule has 3 aromatic heterocycles. The van der Waals surface area contributed by atoms with Crippen molar-refractivity contribution in [2.24, 2.45) is 0 Å². The minimum absolute atomic E-state index is 0.633. The second kappa shape index (κ2) is 11.3. The summed E-state index contributed by atoms with van der Waals surface area (Å²) in [5, 5.41) is 16.7. The number of nitrogens with zero attached hydrogens (tertiary/aromatic N) is 3. The lowest BCUT2D eigenvalue weighted by molar-refractivity contribution is 0.673. The van der Waals surface area contributed by atoms with Gasteiger partial charge in [0.15, 0.2) is 0 Å². The van der Waals surface area contributed by atoms with Crippen molar-refractivity contribution in [3.63, 3.8) is 0 Å². The molecule has 0 spiro atoms. The molecule has 4 nitrogen and oxygen atoms in total. The molecule has 0 saturated heterocycles. The fraction of sp³-hybridized carbons (Fsp3) is 0. The van der Waals surface area contributed by atoms with Crippen LogP contribution in [0.4, 0.5) is 0 Å². The van der Waals surface area contributed by atoms with E-state index in [9.17, 15) is 5.26 Å². The van der Waals surface area contributed by atoms with E-state index in [1.165, 1.54) is 16.3 Å². The average Bonchev–Trinajstić information content (AvgIpc) is 3.88. The molecule has 11 rings (SSSR count). The number of nitriles is 1. The van der Waals surface area contributed by atoms with E-state index in [-0.39, 0.29) is 0 Å². The molecule has 3 heterocycles. The van der Waals surface area contributed by atoms with Crippen molar-refractivity contribution in [3.05, 3.63) is 181 Å². The molecule has 0 amide bonds. The molecule has 0 unspecified atom stereocenters. The van der Waals surface area contributed by atoms with Crippen LogP contribution in [0.5, 0.6) is 0 Å². The summed E-state index contributed by atoms with van der Waals surface area (Å²) in [7, 11) is 0.